The molecule has 0 heterocycles. The highest BCUT2D eigenvalue weighted by Crippen LogP contribution is 2.14. The zero-order valence-electron chi connectivity index (χ0n) is 17.4. The van der Waals surface area contributed by atoms with Crippen LogP contribution < -0.4 is 4.90 Å². The summed E-state index contributed by atoms with van der Waals surface area (Å²) in [5.74, 6) is 0. The van der Waals surface area contributed by atoms with Gasteiger partial charge in [-0.15, -0.1) is 0 Å². The van der Waals surface area contributed by atoms with Gasteiger partial charge in [0.05, 0.1) is 20.6 Å². The zero-order chi connectivity index (χ0) is 17.0. The van der Waals surface area contributed by atoms with Gasteiger partial charge in [0.15, 0.2) is 0 Å². The average Bonchev–Trinajstić information content (AvgIpc) is 2.53. The van der Waals surface area contributed by atoms with Crippen LogP contribution in [0.2, 0.25) is 0 Å². The lowest BCUT2D eigenvalue weighted by Gasteiger charge is -2.06. The molecule has 0 aromatic rings. The van der Waals surface area contributed by atoms with Crippen molar-refractivity contribution >= 4 is 0 Å². The molecule has 2 nitrogen and oxygen atoms in total. The quantitative estimate of drug-likeness (QED) is 0.287. The Morgan fingerprint density at radius 2 is 0.667 bits per heavy atom. The number of quaternary nitrogens is 1. The Bertz CT molecular complexity index is 206. The molecule has 0 bridgehead atoms. The highest BCUT2D eigenvalue weighted by atomic mass is 16.0. The van der Waals surface area contributed by atoms with Crippen molar-refractivity contribution < 1.29 is 10.4 Å². The zero-order valence-corrected chi connectivity index (χ0v) is 17.4. The van der Waals surface area contributed by atoms with Gasteiger partial charge in [-0.1, -0.05) is 110 Å². The molecule has 2 heteroatoms. The van der Waals surface area contributed by atoms with E-state index in [2.05, 4.69) is 21.0 Å². The smallest absolute Gasteiger partial charge is 0.0766 e. The van der Waals surface area contributed by atoms with E-state index in [9.17, 15) is 0 Å². The standard InChI is InChI=1S/C22H47N.H2O/c1-4-5-6-7-8-9-10-11-12-13-14-15-16-17-18-19-20-21-22-23(2)3;/h4-22H2,1-3H3;1H2. The number of nitrogens with one attached hydrogen (secondary N) is 1. The first-order valence-electron chi connectivity index (χ1n) is 11.1. The average molecular weight is 344 g/mol. The Balaban J connectivity index is 0. The van der Waals surface area contributed by atoms with Gasteiger partial charge < -0.3 is 10.4 Å². The molecule has 0 aliphatic heterocycles. The van der Waals surface area contributed by atoms with Crippen molar-refractivity contribution in [1.29, 1.82) is 0 Å². The molecule has 0 aliphatic carbocycles. The molecule has 148 valence electrons. The van der Waals surface area contributed by atoms with Gasteiger partial charge in [-0.05, 0) is 12.8 Å². The number of unbranched alkanes of at least 4 members (excludes halogenated alkanes) is 17. The highest BCUT2D eigenvalue weighted by Gasteiger charge is 1.96. The first kappa shape index (κ1) is 26.2. The van der Waals surface area contributed by atoms with Crippen molar-refractivity contribution in [3.05, 3.63) is 0 Å². The van der Waals surface area contributed by atoms with Gasteiger partial charge in [0.1, 0.15) is 0 Å². The Labute approximate surface area is 154 Å². The summed E-state index contributed by atoms with van der Waals surface area (Å²) in [5.41, 5.74) is 0. The summed E-state index contributed by atoms with van der Waals surface area (Å²) in [7, 11) is 4.52. The van der Waals surface area contributed by atoms with E-state index in [0.717, 1.165) is 0 Å². The largest absolute Gasteiger partial charge is 0.870 e. The molecule has 0 amide bonds. The third-order valence-electron chi connectivity index (χ3n) is 5.03. The van der Waals surface area contributed by atoms with Crippen molar-refractivity contribution in [1.82, 2.24) is 0 Å². The molecule has 0 radical (unpaired) electrons. The van der Waals surface area contributed by atoms with Gasteiger partial charge in [-0.3, -0.25) is 0 Å². The molecule has 0 aromatic heterocycles. The Morgan fingerprint density at radius 1 is 0.417 bits per heavy atom. The molecule has 0 spiro atoms. The number of hydrogen-bond donors (Lipinski definition) is 1. The maximum absolute atomic E-state index is 2.30. The van der Waals surface area contributed by atoms with Crippen LogP contribution in [0.15, 0.2) is 0 Å². The van der Waals surface area contributed by atoms with Crippen LogP contribution in [0.25, 0.3) is 0 Å². The third-order valence-corrected chi connectivity index (χ3v) is 5.03. The van der Waals surface area contributed by atoms with E-state index in [1.165, 1.54) is 122 Å². The lowest BCUT2D eigenvalue weighted by atomic mass is 10.0. The minimum absolute atomic E-state index is 0. The van der Waals surface area contributed by atoms with Crippen LogP contribution in [-0.2, 0) is 0 Å². The van der Waals surface area contributed by atoms with Crippen LogP contribution in [0.4, 0.5) is 0 Å². The van der Waals surface area contributed by atoms with Gasteiger partial charge in [0, 0.05) is 0 Å². The van der Waals surface area contributed by atoms with E-state index in [1.807, 2.05) is 0 Å². The lowest BCUT2D eigenvalue weighted by molar-refractivity contribution is -0.858. The second-order valence-corrected chi connectivity index (χ2v) is 7.97. The molecule has 0 saturated heterocycles. The third kappa shape index (κ3) is 24.2. The molecule has 0 unspecified atom stereocenters. The van der Waals surface area contributed by atoms with Crippen LogP contribution in [0.5, 0.6) is 0 Å². The molecule has 0 fully saturated rings. The second-order valence-electron chi connectivity index (χ2n) is 7.97. The van der Waals surface area contributed by atoms with E-state index in [4.69, 9.17) is 0 Å². The summed E-state index contributed by atoms with van der Waals surface area (Å²) in [6.45, 7) is 3.64. The summed E-state index contributed by atoms with van der Waals surface area (Å²) < 4.78 is 0. The normalized spacial score (nSPS) is 11.0. The fraction of sp³-hybridized carbons (Fsp3) is 1.00. The van der Waals surface area contributed by atoms with Crippen LogP contribution in [-0.4, -0.2) is 26.1 Å². The monoisotopic (exact) mass is 343 g/mol. The van der Waals surface area contributed by atoms with Gasteiger partial charge >= 0.3 is 0 Å². The lowest BCUT2D eigenvalue weighted by Crippen LogP contribution is -3.05. The fourth-order valence-electron chi connectivity index (χ4n) is 3.38. The van der Waals surface area contributed by atoms with E-state index in [-0.39, 0.29) is 5.48 Å². The minimum atomic E-state index is 0. The van der Waals surface area contributed by atoms with Crippen LogP contribution in [0, 0.1) is 0 Å². The maximum atomic E-state index is 2.30. The Kier molecular flexibility index (Phi) is 25.0. The summed E-state index contributed by atoms with van der Waals surface area (Å²) in [6, 6.07) is 0. The SMILES string of the molecule is CCCCCCCCCCCCCCCCCCCC[NH+](C)C.[OH-]. The van der Waals surface area contributed by atoms with Crippen molar-refractivity contribution in [2.45, 2.75) is 122 Å². The van der Waals surface area contributed by atoms with Crippen molar-refractivity contribution in [3.63, 3.8) is 0 Å². The summed E-state index contributed by atoms with van der Waals surface area (Å²) in [6.07, 6.45) is 26.4. The molecule has 0 rings (SSSR count). The number of rotatable bonds is 19. The molecule has 2 N–H and O–H groups in total. The van der Waals surface area contributed by atoms with Crippen LogP contribution in [0.3, 0.4) is 0 Å². The van der Waals surface area contributed by atoms with Crippen molar-refractivity contribution in [2.75, 3.05) is 20.6 Å². The van der Waals surface area contributed by atoms with Crippen LogP contribution in [0.1, 0.15) is 122 Å². The molecule has 24 heavy (non-hydrogen) atoms. The maximum Gasteiger partial charge on any atom is 0.0766 e. The van der Waals surface area contributed by atoms with Gasteiger partial charge in [0.25, 0.3) is 0 Å². The topological polar surface area (TPSA) is 34.4 Å². The van der Waals surface area contributed by atoms with E-state index in [1.54, 1.807) is 4.90 Å². The van der Waals surface area contributed by atoms with E-state index in [0.29, 0.717) is 0 Å². The predicted molar refractivity (Wildman–Crippen MR) is 108 cm³/mol. The fourth-order valence-corrected chi connectivity index (χ4v) is 3.38. The summed E-state index contributed by atoms with van der Waals surface area (Å²) >= 11 is 0. The van der Waals surface area contributed by atoms with E-state index >= 15 is 0 Å². The Morgan fingerprint density at radius 3 is 0.917 bits per heavy atom. The van der Waals surface area contributed by atoms with E-state index < -0.39 is 0 Å². The Hall–Kier alpha value is -0.0800. The molecule has 0 aromatic carbocycles. The van der Waals surface area contributed by atoms with Crippen molar-refractivity contribution in [3.8, 4) is 0 Å². The first-order valence-corrected chi connectivity index (χ1v) is 11.1. The summed E-state index contributed by atoms with van der Waals surface area (Å²) in [5, 5.41) is 0. The first-order chi connectivity index (χ1) is 11.3. The highest BCUT2D eigenvalue weighted by molar-refractivity contribution is 4.50. The number of hydrogen-bond acceptors (Lipinski definition) is 1. The second kappa shape index (κ2) is 22.9. The van der Waals surface area contributed by atoms with Crippen LogP contribution >= 0.6 is 0 Å². The van der Waals surface area contributed by atoms with Gasteiger partial charge in [0.2, 0.25) is 0 Å². The minimum Gasteiger partial charge on any atom is -0.870 e. The van der Waals surface area contributed by atoms with Gasteiger partial charge in [-0.2, -0.15) is 0 Å². The summed E-state index contributed by atoms with van der Waals surface area (Å²) in [4.78, 5) is 1.60. The molecular formula is C22H49NO. The molecule has 0 aliphatic rings. The molecule has 0 saturated carbocycles. The molecular weight excluding hydrogens is 294 g/mol. The van der Waals surface area contributed by atoms with Crippen molar-refractivity contribution in [2.24, 2.45) is 0 Å². The predicted octanol–water partition coefficient (Wildman–Crippen LogP) is 6.00. The van der Waals surface area contributed by atoms with Gasteiger partial charge in [-0.25, -0.2) is 0 Å². The molecule has 0 atom stereocenters.